The van der Waals surface area contributed by atoms with Gasteiger partial charge in [-0.25, -0.2) is 0 Å². The molecular formula is C30H38N4O2S3. The standard InChI is InChI=1S/C30H38N4O2S3/c1-29(2,3)17-7-9-19-21(13-31)27(38-23(19)11-17)33-25(35)15-37-16-26(36)34-28-22(14-32)20-10-8-18(30(4,5)6)12-24(20)39-28/h17-18H,7-12,15-16H2,1-6H3,(H,33,35)(H,34,36)/t17-,18-/m1/s1. The molecule has 0 saturated carbocycles. The Balaban J connectivity index is 1.31. The second kappa shape index (κ2) is 11.6. The SMILES string of the molecule is CC(C)(C)[C@@H]1CCc2c(sc(NC(=O)CSCC(=O)Nc3sc4c(c3C#N)CC[C@@H](C(C)(C)C)C4)c2C#N)C1. The minimum absolute atomic E-state index is 0.116. The number of anilines is 2. The van der Waals surface area contributed by atoms with E-state index in [4.69, 9.17) is 0 Å². The summed E-state index contributed by atoms with van der Waals surface area (Å²) in [4.78, 5) is 27.8. The number of thiophene rings is 2. The van der Waals surface area contributed by atoms with Crippen LogP contribution < -0.4 is 10.6 Å². The van der Waals surface area contributed by atoms with Gasteiger partial charge in [0.25, 0.3) is 0 Å². The second-order valence-corrected chi connectivity index (χ2v) is 16.0. The fourth-order valence-electron chi connectivity index (χ4n) is 5.62. The Morgan fingerprint density at radius 2 is 1.18 bits per heavy atom. The van der Waals surface area contributed by atoms with Gasteiger partial charge >= 0.3 is 0 Å². The largest absolute Gasteiger partial charge is 0.316 e. The summed E-state index contributed by atoms with van der Waals surface area (Å²) in [5.74, 6) is 0.919. The number of thioether (sulfide) groups is 1. The summed E-state index contributed by atoms with van der Waals surface area (Å²) in [5, 5.41) is 26.7. The van der Waals surface area contributed by atoms with Crippen LogP contribution in [-0.4, -0.2) is 23.3 Å². The molecule has 2 aliphatic carbocycles. The number of nitriles is 2. The third-order valence-electron chi connectivity index (χ3n) is 8.18. The molecule has 0 aliphatic heterocycles. The highest BCUT2D eigenvalue weighted by Gasteiger charge is 2.33. The van der Waals surface area contributed by atoms with Gasteiger partial charge in [0.2, 0.25) is 11.8 Å². The molecule has 0 bridgehead atoms. The van der Waals surface area contributed by atoms with E-state index in [2.05, 4.69) is 64.3 Å². The highest BCUT2D eigenvalue weighted by molar-refractivity contribution is 8.00. The van der Waals surface area contributed by atoms with Crippen LogP contribution in [0.5, 0.6) is 0 Å². The summed E-state index contributed by atoms with van der Waals surface area (Å²) in [7, 11) is 0. The lowest BCUT2D eigenvalue weighted by molar-refractivity contribution is -0.114. The summed E-state index contributed by atoms with van der Waals surface area (Å²) < 4.78 is 0. The Bertz CT molecular complexity index is 1240. The van der Waals surface area contributed by atoms with Gasteiger partial charge in [-0.15, -0.1) is 34.4 Å². The van der Waals surface area contributed by atoms with Gasteiger partial charge in [-0.1, -0.05) is 41.5 Å². The number of carbonyl (C=O) groups is 2. The molecule has 2 amide bonds. The average Bonchev–Trinajstić information content (AvgIpc) is 3.37. The first-order chi connectivity index (χ1) is 18.3. The molecule has 39 heavy (non-hydrogen) atoms. The van der Waals surface area contributed by atoms with Crippen molar-refractivity contribution in [2.75, 3.05) is 22.1 Å². The predicted octanol–water partition coefficient (Wildman–Crippen LogP) is 7.17. The smallest absolute Gasteiger partial charge is 0.235 e. The van der Waals surface area contributed by atoms with Crippen LogP contribution in [0.3, 0.4) is 0 Å². The quantitative estimate of drug-likeness (QED) is 0.376. The Labute approximate surface area is 244 Å². The fraction of sp³-hybridized carbons (Fsp3) is 0.600. The number of hydrogen-bond donors (Lipinski definition) is 2. The number of hydrogen-bond acceptors (Lipinski definition) is 7. The maximum Gasteiger partial charge on any atom is 0.235 e. The topological polar surface area (TPSA) is 106 Å². The van der Waals surface area contributed by atoms with Crippen molar-refractivity contribution in [3.05, 3.63) is 32.0 Å². The van der Waals surface area contributed by atoms with Crippen LogP contribution in [0.4, 0.5) is 10.0 Å². The molecule has 0 aromatic carbocycles. The van der Waals surface area contributed by atoms with E-state index < -0.39 is 0 Å². The molecule has 9 heteroatoms. The van der Waals surface area contributed by atoms with Gasteiger partial charge in [0.05, 0.1) is 22.6 Å². The minimum atomic E-state index is -0.215. The van der Waals surface area contributed by atoms with Crippen molar-refractivity contribution in [2.45, 2.75) is 80.1 Å². The fourth-order valence-corrected chi connectivity index (χ4v) is 8.83. The number of amides is 2. The second-order valence-electron chi connectivity index (χ2n) is 12.8. The van der Waals surface area contributed by atoms with E-state index in [1.165, 1.54) is 44.2 Å². The Morgan fingerprint density at radius 3 is 1.51 bits per heavy atom. The number of fused-ring (bicyclic) bond motifs is 2. The van der Waals surface area contributed by atoms with Crippen molar-refractivity contribution in [2.24, 2.45) is 22.7 Å². The van der Waals surface area contributed by atoms with Crippen LogP contribution in [0, 0.1) is 45.3 Å². The first-order valence-electron chi connectivity index (χ1n) is 13.6. The summed E-state index contributed by atoms with van der Waals surface area (Å²) in [5.41, 5.74) is 3.79. The number of rotatable bonds is 6. The van der Waals surface area contributed by atoms with E-state index in [0.717, 1.165) is 49.7 Å². The molecule has 0 radical (unpaired) electrons. The van der Waals surface area contributed by atoms with Crippen molar-refractivity contribution < 1.29 is 9.59 Å². The molecule has 4 rings (SSSR count). The Hall–Kier alpha value is -2.33. The zero-order chi connectivity index (χ0) is 28.5. The Kier molecular flexibility index (Phi) is 8.86. The van der Waals surface area contributed by atoms with Crippen molar-refractivity contribution in [1.29, 1.82) is 10.5 Å². The van der Waals surface area contributed by atoms with Crippen molar-refractivity contribution in [1.82, 2.24) is 0 Å². The van der Waals surface area contributed by atoms with E-state index in [1.54, 1.807) is 0 Å². The molecule has 2 N–H and O–H groups in total. The van der Waals surface area contributed by atoms with Gasteiger partial charge in [0.1, 0.15) is 22.1 Å². The molecule has 2 aromatic heterocycles. The van der Waals surface area contributed by atoms with Gasteiger partial charge in [-0.05, 0) is 72.3 Å². The van der Waals surface area contributed by atoms with Crippen LogP contribution in [0.1, 0.15) is 86.4 Å². The lowest BCUT2D eigenvalue weighted by Crippen LogP contribution is -2.26. The summed E-state index contributed by atoms with van der Waals surface area (Å²) in [6, 6.07) is 4.61. The highest BCUT2D eigenvalue weighted by Crippen LogP contribution is 2.45. The van der Waals surface area contributed by atoms with Crippen molar-refractivity contribution in [3.8, 4) is 12.1 Å². The van der Waals surface area contributed by atoms with Crippen LogP contribution in [-0.2, 0) is 35.3 Å². The van der Waals surface area contributed by atoms with Crippen LogP contribution in [0.15, 0.2) is 0 Å². The number of nitrogens with zero attached hydrogens (tertiary/aromatic N) is 2. The summed E-state index contributed by atoms with van der Waals surface area (Å²) in [6.07, 6.45) is 5.73. The predicted molar refractivity (Wildman–Crippen MR) is 163 cm³/mol. The van der Waals surface area contributed by atoms with Crippen LogP contribution in [0.25, 0.3) is 0 Å². The van der Waals surface area contributed by atoms with Gasteiger partial charge in [-0.3, -0.25) is 9.59 Å². The minimum Gasteiger partial charge on any atom is -0.316 e. The van der Waals surface area contributed by atoms with E-state index >= 15 is 0 Å². The average molecular weight is 583 g/mol. The van der Waals surface area contributed by atoms with Crippen molar-refractivity contribution >= 4 is 56.3 Å². The lowest BCUT2D eigenvalue weighted by Gasteiger charge is -2.33. The molecule has 2 heterocycles. The zero-order valence-electron chi connectivity index (χ0n) is 23.7. The molecule has 6 nitrogen and oxygen atoms in total. The molecule has 0 unspecified atom stereocenters. The molecule has 0 saturated heterocycles. The van der Waals surface area contributed by atoms with Gasteiger partial charge in [0, 0.05) is 9.75 Å². The summed E-state index contributed by atoms with van der Waals surface area (Å²) in [6.45, 7) is 13.5. The van der Waals surface area contributed by atoms with E-state index in [9.17, 15) is 20.1 Å². The van der Waals surface area contributed by atoms with Gasteiger partial charge in [0.15, 0.2) is 0 Å². The maximum atomic E-state index is 12.7. The third kappa shape index (κ3) is 6.70. The van der Waals surface area contributed by atoms with E-state index in [1.807, 2.05) is 0 Å². The molecular weight excluding hydrogens is 545 g/mol. The molecule has 208 valence electrons. The third-order valence-corrected chi connectivity index (χ3v) is 11.4. The number of carbonyl (C=O) groups excluding carboxylic acids is 2. The van der Waals surface area contributed by atoms with Crippen LogP contribution in [0.2, 0.25) is 0 Å². The zero-order valence-corrected chi connectivity index (χ0v) is 26.2. The van der Waals surface area contributed by atoms with Crippen LogP contribution >= 0.6 is 34.4 Å². The highest BCUT2D eigenvalue weighted by atomic mass is 32.2. The molecule has 2 aliphatic rings. The molecule has 2 atom stereocenters. The maximum absolute atomic E-state index is 12.7. The molecule has 0 spiro atoms. The normalized spacial score (nSPS) is 18.9. The van der Waals surface area contributed by atoms with Gasteiger partial charge in [-0.2, -0.15) is 10.5 Å². The van der Waals surface area contributed by atoms with Crippen molar-refractivity contribution in [3.63, 3.8) is 0 Å². The lowest BCUT2D eigenvalue weighted by atomic mass is 9.72. The van der Waals surface area contributed by atoms with Gasteiger partial charge < -0.3 is 10.6 Å². The first-order valence-corrected chi connectivity index (χ1v) is 16.4. The first kappa shape index (κ1) is 29.6. The van der Waals surface area contributed by atoms with E-state index in [-0.39, 0.29) is 34.2 Å². The summed E-state index contributed by atoms with van der Waals surface area (Å²) >= 11 is 4.28. The van der Waals surface area contributed by atoms with E-state index in [0.29, 0.717) is 33.0 Å². The molecule has 0 fully saturated rings. The Morgan fingerprint density at radius 1 is 0.795 bits per heavy atom. The number of nitrogens with one attached hydrogen (secondary N) is 2. The molecule has 2 aromatic rings. The monoisotopic (exact) mass is 582 g/mol.